The van der Waals surface area contributed by atoms with Gasteiger partial charge in [0.05, 0.1) is 22.3 Å². The largest absolute Gasteiger partial charge is 0.493 e. The Morgan fingerprint density at radius 3 is 2.87 bits per heavy atom. The van der Waals surface area contributed by atoms with Crippen molar-refractivity contribution in [2.75, 3.05) is 14.1 Å². The van der Waals surface area contributed by atoms with Crippen molar-refractivity contribution in [3.63, 3.8) is 0 Å². The smallest absolute Gasteiger partial charge is 0.303 e. The molecule has 4 heteroatoms. The molecule has 0 aliphatic carbocycles. The molecule has 82 valence electrons. The number of ether oxygens (including phenoxy) is 2. The van der Waals surface area contributed by atoms with Gasteiger partial charge in [0.15, 0.2) is 11.5 Å². The van der Waals surface area contributed by atoms with Gasteiger partial charge in [-0.05, 0) is 24.1 Å². The third-order valence-corrected chi connectivity index (χ3v) is 1.48. The van der Waals surface area contributed by atoms with E-state index in [2.05, 4.69) is 9.47 Å². The zero-order chi connectivity index (χ0) is 19.8. The molecule has 0 fully saturated rings. The molecule has 1 rings (SSSR count). The Balaban J connectivity index is 3.46. The zero-order valence-electron chi connectivity index (χ0n) is 17.4. The van der Waals surface area contributed by atoms with Gasteiger partial charge in [-0.1, -0.05) is 6.07 Å². The minimum Gasteiger partial charge on any atom is -0.493 e. The molecule has 1 N–H and O–H groups in total. The van der Waals surface area contributed by atoms with Crippen LogP contribution in [0.4, 0.5) is 0 Å². The average molecular weight is 220 g/mol. The van der Waals surface area contributed by atoms with Crippen molar-refractivity contribution in [2.24, 2.45) is 0 Å². The highest BCUT2D eigenvalue weighted by Gasteiger charge is 2.05. The Morgan fingerprint density at radius 1 is 1.47 bits per heavy atom. The number of aliphatic carboxylic acids is 1. The first kappa shape index (κ1) is 3.70. The molecule has 0 heterocycles. The maximum atomic E-state index is 11.0. The van der Waals surface area contributed by atoms with Crippen LogP contribution >= 0.6 is 0 Å². The standard InChI is InChI=1S/C11H14O4/c1-14-9-5-3-8(4-6-11(12)13)7-10(9)15-2/h3,5,7H,4,6H2,1-2H3,(H,12,13)/i1D3,2D3,4D2,6D2. The van der Waals surface area contributed by atoms with Gasteiger partial charge >= 0.3 is 5.97 Å². The highest BCUT2D eigenvalue weighted by molar-refractivity contribution is 5.67. The van der Waals surface area contributed by atoms with Crippen molar-refractivity contribution in [3.05, 3.63) is 23.8 Å². The summed E-state index contributed by atoms with van der Waals surface area (Å²) in [6.07, 6.45) is -6.43. The summed E-state index contributed by atoms with van der Waals surface area (Å²) in [7, 11) is -5.99. The molecule has 0 atom stereocenters. The van der Waals surface area contributed by atoms with Crippen molar-refractivity contribution < 1.29 is 33.1 Å². The second-order valence-electron chi connectivity index (χ2n) is 2.42. The molecule has 0 radical (unpaired) electrons. The van der Waals surface area contributed by atoms with Crippen LogP contribution < -0.4 is 9.47 Å². The molecule has 0 unspecified atom stereocenters. The van der Waals surface area contributed by atoms with Crippen LogP contribution in [-0.4, -0.2) is 25.2 Å². The predicted octanol–water partition coefficient (Wildman–Crippen LogP) is 1.72. The monoisotopic (exact) mass is 220 g/mol. The molecule has 0 amide bonds. The van der Waals surface area contributed by atoms with Crippen LogP contribution in [0.5, 0.6) is 11.5 Å². The molecular formula is C11H14O4. The van der Waals surface area contributed by atoms with E-state index >= 15 is 0 Å². The van der Waals surface area contributed by atoms with Gasteiger partial charge in [0.25, 0.3) is 0 Å². The molecule has 0 spiro atoms. The van der Waals surface area contributed by atoms with Crippen molar-refractivity contribution in [3.8, 4) is 11.5 Å². The highest BCUT2D eigenvalue weighted by Crippen LogP contribution is 2.27. The summed E-state index contributed by atoms with van der Waals surface area (Å²) in [6, 6.07) is 2.43. The fourth-order valence-corrected chi connectivity index (χ4v) is 0.876. The fraction of sp³-hybridized carbons (Fsp3) is 0.364. The quantitative estimate of drug-likeness (QED) is 0.821. The SMILES string of the molecule is [2H]C([2H])([2H])Oc1ccc(C([2H])([2H])C([2H])([2H])C(=O)O)cc1OC([2H])([2H])[2H]. The number of methoxy groups -OCH3 is 2. The third kappa shape index (κ3) is 3.16. The first-order valence-corrected chi connectivity index (χ1v) is 3.73. The number of aryl methyl sites for hydroxylation is 1. The molecule has 1 aromatic carbocycles. The van der Waals surface area contributed by atoms with Crippen LogP contribution in [0.15, 0.2) is 18.2 Å². The normalized spacial score (nSPS) is 23.2. The average Bonchev–Trinajstić information content (AvgIpc) is 2.36. The van der Waals surface area contributed by atoms with E-state index in [0.717, 1.165) is 12.1 Å². The Labute approximate surface area is 102 Å². The van der Waals surface area contributed by atoms with E-state index in [9.17, 15) is 4.79 Å². The number of carboxylic acid groups (broad SMARTS) is 1. The van der Waals surface area contributed by atoms with Crippen LogP contribution in [0, 0.1) is 0 Å². The maximum Gasteiger partial charge on any atom is 0.303 e. The lowest BCUT2D eigenvalue weighted by Gasteiger charge is -2.08. The molecule has 0 saturated heterocycles. The Kier molecular flexibility index (Phi) is 1.29. The van der Waals surface area contributed by atoms with Crippen LogP contribution in [-0.2, 0) is 11.2 Å². The first-order chi connectivity index (χ1) is 11.0. The second-order valence-corrected chi connectivity index (χ2v) is 2.42. The molecular weight excluding hydrogens is 196 g/mol. The van der Waals surface area contributed by atoms with E-state index in [1.54, 1.807) is 0 Å². The summed E-state index contributed by atoms with van der Waals surface area (Å²) < 4.78 is 81.7. The van der Waals surface area contributed by atoms with E-state index in [1.807, 2.05) is 0 Å². The number of hydrogen-bond donors (Lipinski definition) is 1. The number of benzene rings is 1. The second kappa shape index (κ2) is 5.24. The van der Waals surface area contributed by atoms with Crippen molar-refractivity contribution in [1.29, 1.82) is 0 Å². The fourth-order valence-electron chi connectivity index (χ4n) is 0.876. The molecule has 0 aliphatic rings. The summed E-state index contributed by atoms with van der Waals surface area (Å²) >= 11 is 0. The van der Waals surface area contributed by atoms with E-state index in [-0.39, 0.29) is 0 Å². The predicted molar refractivity (Wildman–Crippen MR) is 55.5 cm³/mol. The van der Waals surface area contributed by atoms with Gasteiger partial charge in [-0.3, -0.25) is 4.79 Å². The van der Waals surface area contributed by atoms with Gasteiger partial charge in [-0.15, -0.1) is 0 Å². The lowest BCUT2D eigenvalue weighted by molar-refractivity contribution is -0.136. The maximum absolute atomic E-state index is 11.0. The molecule has 15 heavy (non-hydrogen) atoms. The summed E-state index contributed by atoms with van der Waals surface area (Å²) in [5, 5.41) is 8.87. The van der Waals surface area contributed by atoms with Gasteiger partial charge in [0, 0.05) is 11.9 Å². The van der Waals surface area contributed by atoms with E-state index in [4.69, 9.17) is 18.8 Å². The lowest BCUT2D eigenvalue weighted by atomic mass is 10.1. The lowest BCUT2D eigenvalue weighted by Crippen LogP contribution is -1.98. The van der Waals surface area contributed by atoms with Gasteiger partial charge in [0.1, 0.15) is 0 Å². The minimum atomic E-state index is -3.35. The topological polar surface area (TPSA) is 55.8 Å². The van der Waals surface area contributed by atoms with Crippen LogP contribution in [0.2, 0.25) is 0 Å². The minimum absolute atomic E-state index is 0.549. The Bertz CT molecular complexity index is 649. The van der Waals surface area contributed by atoms with E-state index < -0.39 is 49.9 Å². The van der Waals surface area contributed by atoms with Crippen LogP contribution in [0.3, 0.4) is 0 Å². The van der Waals surface area contributed by atoms with Crippen LogP contribution in [0.25, 0.3) is 0 Å². The number of carboxylic acids is 1. The van der Waals surface area contributed by atoms with Gasteiger partial charge in [-0.25, -0.2) is 0 Å². The van der Waals surface area contributed by atoms with Gasteiger partial charge < -0.3 is 14.6 Å². The summed E-state index contributed by atoms with van der Waals surface area (Å²) in [5.41, 5.74) is -0.572. The van der Waals surface area contributed by atoms with Crippen molar-refractivity contribution in [1.82, 2.24) is 0 Å². The van der Waals surface area contributed by atoms with Gasteiger partial charge in [0.2, 0.25) is 0 Å². The number of carbonyl (C=O) groups is 1. The number of rotatable bonds is 5. The van der Waals surface area contributed by atoms with Gasteiger partial charge in [-0.2, -0.15) is 0 Å². The molecule has 0 aliphatic heterocycles. The summed E-state index contributed by atoms with van der Waals surface area (Å²) in [5.74, 6) is -3.32. The Morgan fingerprint density at radius 2 is 2.20 bits per heavy atom. The zero-order valence-corrected chi connectivity index (χ0v) is 7.40. The highest BCUT2D eigenvalue weighted by atomic mass is 16.5. The van der Waals surface area contributed by atoms with E-state index in [1.165, 1.54) is 0 Å². The molecule has 0 aromatic heterocycles. The number of hydrogen-bond acceptors (Lipinski definition) is 3. The molecule has 4 nitrogen and oxygen atoms in total. The third-order valence-electron chi connectivity index (χ3n) is 1.48. The van der Waals surface area contributed by atoms with Crippen LogP contribution in [0.1, 0.15) is 25.6 Å². The summed E-state index contributed by atoms with van der Waals surface area (Å²) in [6.45, 7) is 0. The van der Waals surface area contributed by atoms with E-state index in [0.29, 0.717) is 6.07 Å². The first-order valence-electron chi connectivity index (χ1n) is 8.73. The molecule has 1 aromatic rings. The summed E-state index contributed by atoms with van der Waals surface area (Å²) in [4.78, 5) is 11.0. The molecule has 0 saturated carbocycles. The van der Waals surface area contributed by atoms with Crippen molar-refractivity contribution >= 4 is 5.97 Å². The van der Waals surface area contributed by atoms with Crippen molar-refractivity contribution in [2.45, 2.75) is 12.7 Å². The molecule has 0 bridgehead atoms. The Hall–Kier alpha value is -1.71.